The molecule has 0 amide bonds. The van der Waals surface area contributed by atoms with Crippen molar-refractivity contribution < 1.29 is 0 Å². The molecule has 0 bridgehead atoms. The number of nitrogens with zero attached hydrogens (tertiary/aromatic N) is 1. The number of alkyl halides is 1. The van der Waals surface area contributed by atoms with E-state index < -0.39 is 0 Å². The molecule has 1 aromatic heterocycles. The molecule has 0 fully saturated rings. The Morgan fingerprint density at radius 3 is 2.50 bits per heavy atom. The lowest BCUT2D eigenvalue weighted by molar-refractivity contribution is 1.02. The van der Waals surface area contributed by atoms with Gasteiger partial charge < -0.3 is 0 Å². The van der Waals surface area contributed by atoms with Gasteiger partial charge in [0.2, 0.25) is 0 Å². The summed E-state index contributed by atoms with van der Waals surface area (Å²) in [6, 6.07) is 5.90. The molecule has 0 aliphatic carbocycles. The molecule has 0 aromatic carbocycles. The van der Waals surface area contributed by atoms with Crippen LogP contribution in [0.1, 0.15) is 17.4 Å². The van der Waals surface area contributed by atoms with Crippen molar-refractivity contribution in [1.82, 2.24) is 4.98 Å². The summed E-state index contributed by atoms with van der Waals surface area (Å²) in [4.78, 5) is 4.49. The first-order valence-corrected chi connectivity index (χ1v) is 3.77. The van der Waals surface area contributed by atoms with Gasteiger partial charge in [-0.25, -0.2) is 0 Å². The molecular formula is C7H9BrClN. The van der Waals surface area contributed by atoms with E-state index in [1.807, 2.05) is 18.2 Å². The van der Waals surface area contributed by atoms with E-state index in [0.717, 1.165) is 5.69 Å². The molecule has 0 N–H and O–H groups in total. The van der Waals surface area contributed by atoms with Gasteiger partial charge in [-0.3, -0.25) is 4.98 Å². The second kappa shape index (κ2) is 4.69. The summed E-state index contributed by atoms with van der Waals surface area (Å²) >= 11 is 3.42. The van der Waals surface area contributed by atoms with E-state index in [-0.39, 0.29) is 12.4 Å². The monoisotopic (exact) mass is 221 g/mol. The standard InChI is InChI=1S/C7H8BrN.ClH/c1-6(8)7-4-2-3-5-9-7;/h2-6H,1H3;1H. The van der Waals surface area contributed by atoms with E-state index >= 15 is 0 Å². The molecule has 0 spiro atoms. The Bertz CT molecular complexity index is 176. The molecule has 56 valence electrons. The van der Waals surface area contributed by atoms with Gasteiger partial charge in [0, 0.05) is 6.20 Å². The number of rotatable bonds is 1. The smallest absolute Gasteiger partial charge is 0.0539 e. The maximum atomic E-state index is 4.13. The topological polar surface area (TPSA) is 12.9 Å². The molecule has 1 nitrogen and oxygen atoms in total. The van der Waals surface area contributed by atoms with Crippen molar-refractivity contribution in [2.75, 3.05) is 0 Å². The van der Waals surface area contributed by atoms with E-state index in [2.05, 4.69) is 27.8 Å². The normalized spacial score (nSPS) is 11.8. The van der Waals surface area contributed by atoms with Crippen LogP contribution in [0.5, 0.6) is 0 Å². The van der Waals surface area contributed by atoms with Crippen LogP contribution in [0.15, 0.2) is 24.4 Å². The molecule has 3 heteroatoms. The maximum Gasteiger partial charge on any atom is 0.0539 e. The summed E-state index contributed by atoms with van der Waals surface area (Å²) in [7, 11) is 0. The predicted molar refractivity (Wildman–Crippen MR) is 48.8 cm³/mol. The summed E-state index contributed by atoms with van der Waals surface area (Å²) in [5.74, 6) is 0. The molecule has 0 aliphatic heterocycles. The molecule has 1 heterocycles. The zero-order valence-corrected chi connectivity index (χ0v) is 8.02. The van der Waals surface area contributed by atoms with Crippen LogP contribution in [0.3, 0.4) is 0 Å². The third-order valence-electron chi connectivity index (χ3n) is 1.10. The Morgan fingerprint density at radius 2 is 2.20 bits per heavy atom. The van der Waals surface area contributed by atoms with Gasteiger partial charge in [0.15, 0.2) is 0 Å². The van der Waals surface area contributed by atoms with E-state index in [1.165, 1.54) is 0 Å². The van der Waals surface area contributed by atoms with Crippen LogP contribution in [-0.4, -0.2) is 4.98 Å². The van der Waals surface area contributed by atoms with Crippen molar-refractivity contribution in [3.05, 3.63) is 30.1 Å². The highest BCUT2D eigenvalue weighted by Crippen LogP contribution is 2.17. The van der Waals surface area contributed by atoms with E-state index in [1.54, 1.807) is 6.20 Å². The summed E-state index contributed by atoms with van der Waals surface area (Å²) in [5.41, 5.74) is 1.08. The Kier molecular flexibility index (Phi) is 4.65. The molecule has 0 aliphatic rings. The summed E-state index contributed by atoms with van der Waals surface area (Å²) in [6.07, 6.45) is 1.80. The number of aromatic nitrogens is 1. The Balaban J connectivity index is 0.000000810. The van der Waals surface area contributed by atoms with Gasteiger partial charge in [-0.15, -0.1) is 12.4 Å². The average molecular weight is 223 g/mol. The minimum absolute atomic E-state index is 0. The molecule has 1 unspecified atom stereocenters. The lowest BCUT2D eigenvalue weighted by Gasteiger charge is -1.98. The van der Waals surface area contributed by atoms with Crippen molar-refractivity contribution >= 4 is 28.3 Å². The van der Waals surface area contributed by atoms with E-state index in [4.69, 9.17) is 0 Å². The first-order valence-electron chi connectivity index (χ1n) is 2.85. The number of hydrogen-bond donors (Lipinski definition) is 0. The summed E-state index contributed by atoms with van der Waals surface area (Å²) in [6.45, 7) is 2.06. The van der Waals surface area contributed by atoms with Crippen molar-refractivity contribution in [3.63, 3.8) is 0 Å². The van der Waals surface area contributed by atoms with Crippen LogP contribution < -0.4 is 0 Å². The minimum atomic E-state index is 0. The molecule has 10 heavy (non-hydrogen) atoms. The first kappa shape index (κ1) is 9.92. The fourth-order valence-corrected chi connectivity index (χ4v) is 0.882. The van der Waals surface area contributed by atoms with Gasteiger partial charge >= 0.3 is 0 Å². The van der Waals surface area contributed by atoms with Gasteiger partial charge in [0.05, 0.1) is 10.5 Å². The SMILES string of the molecule is CC(Br)c1ccccn1.Cl. The van der Waals surface area contributed by atoms with Gasteiger partial charge in [0.1, 0.15) is 0 Å². The van der Waals surface area contributed by atoms with Crippen molar-refractivity contribution in [1.29, 1.82) is 0 Å². The Labute approximate surface area is 75.4 Å². The van der Waals surface area contributed by atoms with Crippen LogP contribution >= 0.6 is 28.3 Å². The van der Waals surface area contributed by atoms with Crippen LogP contribution in [-0.2, 0) is 0 Å². The Morgan fingerprint density at radius 1 is 1.50 bits per heavy atom. The minimum Gasteiger partial charge on any atom is -0.260 e. The van der Waals surface area contributed by atoms with Gasteiger partial charge in [-0.05, 0) is 19.1 Å². The van der Waals surface area contributed by atoms with Gasteiger partial charge in [0.25, 0.3) is 0 Å². The maximum absolute atomic E-state index is 4.13. The lowest BCUT2D eigenvalue weighted by Crippen LogP contribution is -1.85. The molecule has 1 aromatic rings. The summed E-state index contributed by atoms with van der Waals surface area (Å²) in [5, 5.41) is 0. The quantitative estimate of drug-likeness (QED) is 0.666. The molecule has 0 radical (unpaired) electrons. The molecule has 1 atom stereocenters. The van der Waals surface area contributed by atoms with Crippen LogP contribution in [0.25, 0.3) is 0 Å². The number of halogens is 2. The van der Waals surface area contributed by atoms with E-state index in [9.17, 15) is 0 Å². The largest absolute Gasteiger partial charge is 0.260 e. The van der Waals surface area contributed by atoms with Crippen molar-refractivity contribution in [3.8, 4) is 0 Å². The fraction of sp³-hybridized carbons (Fsp3) is 0.286. The van der Waals surface area contributed by atoms with Crippen LogP contribution in [0, 0.1) is 0 Å². The fourth-order valence-electron chi connectivity index (χ4n) is 0.611. The second-order valence-electron chi connectivity index (χ2n) is 1.87. The molecular weight excluding hydrogens is 213 g/mol. The number of pyridine rings is 1. The molecule has 0 saturated heterocycles. The van der Waals surface area contributed by atoms with Gasteiger partial charge in [-0.1, -0.05) is 22.0 Å². The highest BCUT2D eigenvalue weighted by atomic mass is 79.9. The molecule has 1 rings (SSSR count). The highest BCUT2D eigenvalue weighted by molar-refractivity contribution is 9.09. The predicted octanol–water partition coefficient (Wildman–Crippen LogP) is 2.96. The van der Waals surface area contributed by atoms with Crippen LogP contribution in [0.4, 0.5) is 0 Å². The lowest BCUT2D eigenvalue weighted by atomic mass is 10.3. The van der Waals surface area contributed by atoms with Crippen molar-refractivity contribution in [2.24, 2.45) is 0 Å². The zero-order valence-electron chi connectivity index (χ0n) is 5.62. The second-order valence-corrected chi connectivity index (χ2v) is 3.24. The van der Waals surface area contributed by atoms with Crippen LogP contribution in [0.2, 0.25) is 0 Å². The van der Waals surface area contributed by atoms with Gasteiger partial charge in [-0.2, -0.15) is 0 Å². The zero-order chi connectivity index (χ0) is 6.69. The summed E-state index contributed by atoms with van der Waals surface area (Å²) < 4.78 is 0. The Hall–Kier alpha value is -0.0800. The van der Waals surface area contributed by atoms with Crippen molar-refractivity contribution in [2.45, 2.75) is 11.8 Å². The first-order chi connectivity index (χ1) is 4.30. The third kappa shape index (κ3) is 2.67. The van der Waals surface area contributed by atoms with E-state index in [0.29, 0.717) is 4.83 Å². The average Bonchev–Trinajstić information content (AvgIpc) is 1.90. The molecule has 0 saturated carbocycles. The highest BCUT2D eigenvalue weighted by Gasteiger charge is 1.97. The third-order valence-corrected chi connectivity index (χ3v) is 1.56. The number of hydrogen-bond acceptors (Lipinski definition) is 1.